The molecule has 0 aromatic rings. The van der Waals surface area contributed by atoms with E-state index in [1.807, 2.05) is 0 Å². The summed E-state index contributed by atoms with van der Waals surface area (Å²) >= 11 is -1.81. The second-order valence-electron chi connectivity index (χ2n) is 0.522. The van der Waals surface area contributed by atoms with Crippen LogP contribution in [0, 0.1) is 0 Å². The predicted octanol–water partition coefficient (Wildman–Crippen LogP) is -1.81. The molecule has 0 unspecified atom stereocenters. The molecule has 0 bridgehead atoms. The summed E-state index contributed by atoms with van der Waals surface area (Å²) in [5, 5.41) is 0. The SMILES string of the molecule is O=S(=O)(O)O.[BaH2].[O]=[V]=[O]. The van der Waals surface area contributed by atoms with Crippen molar-refractivity contribution in [3.8, 4) is 0 Å². The van der Waals surface area contributed by atoms with Crippen LogP contribution in [0.15, 0.2) is 0 Å². The fraction of sp³-hybridized carbons (Fsp3) is 0. The van der Waals surface area contributed by atoms with Crippen LogP contribution in [0.4, 0.5) is 0 Å². The van der Waals surface area contributed by atoms with Crippen molar-refractivity contribution < 1.29 is 41.1 Å². The molecule has 2 N–H and O–H groups in total. The molecular formula is H4BaO6SV. The first-order valence-electron chi connectivity index (χ1n) is 1.06. The van der Waals surface area contributed by atoms with Crippen LogP contribution in [-0.2, 0) is 33.9 Å². The summed E-state index contributed by atoms with van der Waals surface area (Å²) in [7, 11) is -4.67. The van der Waals surface area contributed by atoms with E-state index in [1.54, 1.807) is 0 Å². The van der Waals surface area contributed by atoms with E-state index in [1.165, 1.54) is 0 Å². The van der Waals surface area contributed by atoms with Crippen molar-refractivity contribution in [2.24, 2.45) is 0 Å². The molecule has 0 aromatic carbocycles. The van der Waals surface area contributed by atoms with Crippen molar-refractivity contribution in [3.05, 3.63) is 0 Å². The fourth-order valence-corrected chi connectivity index (χ4v) is 0. The van der Waals surface area contributed by atoms with Gasteiger partial charge in [-0.05, 0) is 0 Å². The van der Waals surface area contributed by atoms with Gasteiger partial charge >= 0.3 is 82.8 Å². The van der Waals surface area contributed by atoms with E-state index in [0.717, 1.165) is 0 Å². The Hall–Kier alpha value is 1.63. The summed E-state index contributed by atoms with van der Waals surface area (Å²) < 4.78 is 48.5. The molecular weight excluding hydrogens is 316 g/mol. The van der Waals surface area contributed by atoms with Gasteiger partial charge in [0, 0.05) is 0 Å². The van der Waals surface area contributed by atoms with Gasteiger partial charge in [0.2, 0.25) is 0 Å². The Balaban J connectivity index is -0.0000000800. The molecule has 0 heterocycles. The Labute approximate surface area is 98.6 Å². The van der Waals surface area contributed by atoms with Crippen molar-refractivity contribution >= 4 is 59.3 Å². The summed E-state index contributed by atoms with van der Waals surface area (Å²) in [6.07, 6.45) is 0. The van der Waals surface area contributed by atoms with Crippen LogP contribution in [0.5, 0.6) is 0 Å². The van der Waals surface area contributed by atoms with E-state index >= 15 is 0 Å². The van der Waals surface area contributed by atoms with Gasteiger partial charge in [0.1, 0.15) is 0 Å². The number of rotatable bonds is 0. The zero-order valence-corrected chi connectivity index (χ0v) is 5.60. The molecule has 0 saturated heterocycles. The van der Waals surface area contributed by atoms with E-state index in [2.05, 4.69) is 0 Å². The van der Waals surface area contributed by atoms with Crippen molar-refractivity contribution in [3.63, 3.8) is 0 Å². The van der Waals surface area contributed by atoms with Crippen LogP contribution in [0.3, 0.4) is 0 Å². The van der Waals surface area contributed by atoms with E-state index in [4.69, 9.17) is 24.9 Å². The molecule has 0 radical (unpaired) electrons. The monoisotopic (exact) mass is 321 g/mol. The summed E-state index contributed by atoms with van der Waals surface area (Å²) in [4.78, 5) is 0. The molecule has 0 amide bonds. The quantitative estimate of drug-likeness (QED) is 0.402. The maximum atomic E-state index is 8.74. The number of hydrogen-bond donors (Lipinski definition) is 2. The van der Waals surface area contributed by atoms with Crippen molar-refractivity contribution in [1.82, 2.24) is 0 Å². The number of hydrogen-bond acceptors (Lipinski definition) is 4. The summed E-state index contributed by atoms with van der Waals surface area (Å²) in [5.74, 6) is 0. The van der Waals surface area contributed by atoms with Crippen molar-refractivity contribution in [2.75, 3.05) is 0 Å². The Morgan fingerprint density at radius 2 is 1.11 bits per heavy atom. The first kappa shape index (κ1) is 16.9. The maximum absolute atomic E-state index is 8.74. The van der Waals surface area contributed by atoms with Gasteiger partial charge in [0.05, 0.1) is 0 Å². The Bertz CT molecular complexity index is 153. The minimum absolute atomic E-state index is 0. The van der Waals surface area contributed by atoms with Crippen molar-refractivity contribution in [1.29, 1.82) is 0 Å². The molecule has 0 spiro atoms. The van der Waals surface area contributed by atoms with E-state index < -0.39 is 26.6 Å². The van der Waals surface area contributed by atoms with Gasteiger partial charge in [0.15, 0.2) is 0 Å². The standard InChI is InChI=1S/Ba.H2O4S.2O.V.2H/c;1-5(2,3)4;;;;;/h;(H2,1,2,3,4);;;;;. The zero-order chi connectivity index (χ0) is 7.21. The first-order chi connectivity index (χ1) is 3.41. The van der Waals surface area contributed by atoms with Crippen LogP contribution in [0.1, 0.15) is 0 Å². The van der Waals surface area contributed by atoms with Gasteiger partial charge in [-0.25, -0.2) is 0 Å². The summed E-state index contributed by atoms with van der Waals surface area (Å²) in [5.41, 5.74) is 0. The molecule has 0 aromatic heterocycles. The third kappa shape index (κ3) is 212. The van der Waals surface area contributed by atoms with E-state index in [-0.39, 0.29) is 48.9 Å². The summed E-state index contributed by atoms with van der Waals surface area (Å²) in [6, 6.07) is 0. The topological polar surface area (TPSA) is 109 Å². The molecule has 9 heteroatoms. The average Bonchev–Trinajstić information content (AvgIpc) is 1.27. The zero-order valence-electron chi connectivity index (χ0n) is 3.38. The van der Waals surface area contributed by atoms with Gasteiger partial charge in [0.25, 0.3) is 0 Å². The Morgan fingerprint density at radius 1 is 1.11 bits per heavy atom. The minimum atomic E-state index is -4.67. The van der Waals surface area contributed by atoms with Gasteiger partial charge < -0.3 is 0 Å². The van der Waals surface area contributed by atoms with Crippen molar-refractivity contribution in [2.45, 2.75) is 0 Å². The van der Waals surface area contributed by atoms with Crippen LogP contribution in [0.2, 0.25) is 0 Å². The molecule has 0 aliphatic carbocycles. The molecule has 0 aliphatic rings. The fourth-order valence-electron chi connectivity index (χ4n) is 0. The van der Waals surface area contributed by atoms with Crippen LogP contribution in [0.25, 0.3) is 0 Å². The van der Waals surface area contributed by atoms with E-state index in [0.29, 0.717) is 0 Å². The predicted molar refractivity (Wildman–Crippen MR) is 24.1 cm³/mol. The normalized spacial score (nSPS) is 7.33. The first-order valence-corrected chi connectivity index (χ1v) is 3.60. The Morgan fingerprint density at radius 3 is 1.11 bits per heavy atom. The second-order valence-corrected chi connectivity index (χ2v) is 1.65. The molecule has 0 rings (SSSR count). The summed E-state index contributed by atoms with van der Waals surface area (Å²) in [6.45, 7) is 0. The third-order valence-electron chi connectivity index (χ3n) is 0. The molecule has 9 heavy (non-hydrogen) atoms. The van der Waals surface area contributed by atoms with E-state index in [9.17, 15) is 0 Å². The molecule has 0 atom stereocenters. The molecule has 0 saturated carbocycles. The molecule has 0 fully saturated rings. The van der Waals surface area contributed by atoms with Crippen LogP contribution in [-0.4, -0.2) is 66.4 Å². The second kappa shape index (κ2) is 9.63. The van der Waals surface area contributed by atoms with Crippen LogP contribution >= 0.6 is 0 Å². The molecule has 0 aliphatic heterocycles. The van der Waals surface area contributed by atoms with Crippen LogP contribution < -0.4 is 0 Å². The van der Waals surface area contributed by atoms with Gasteiger partial charge in [-0.1, -0.05) is 0 Å². The average molecular weight is 320 g/mol. The van der Waals surface area contributed by atoms with Gasteiger partial charge in [-0.3, -0.25) is 9.11 Å². The molecule has 6 nitrogen and oxygen atoms in total. The van der Waals surface area contributed by atoms with Gasteiger partial charge in [-0.2, -0.15) is 8.42 Å². The third-order valence-corrected chi connectivity index (χ3v) is 0. The van der Waals surface area contributed by atoms with Gasteiger partial charge in [-0.15, -0.1) is 0 Å². The Kier molecular flexibility index (Phi) is 18.1. The molecule has 53 valence electrons.